The van der Waals surface area contributed by atoms with Crippen molar-refractivity contribution in [3.8, 4) is 0 Å². The number of carboxylic acid groups (broad SMARTS) is 1. The van der Waals surface area contributed by atoms with Gasteiger partial charge in [-0.2, -0.15) is 0 Å². The van der Waals surface area contributed by atoms with Gasteiger partial charge in [0, 0.05) is 13.0 Å². The molecule has 19 heavy (non-hydrogen) atoms. The Morgan fingerprint density at radius 1 is 1.16 bits per heavy atom. The van der Waals surface area contributed by atoms with Crippen molar-refractivity contribution in [2.75, 3.05) is 6.54 Å². The average molecular weight is 272 g/mol. The van der Waals surface area contributed by atoms with Gasteiger partial charge < -0.3 is 15.7 Å². The highest BCUT2D eigenvalue weighted by Crippen LogP contribution is 2.30. The lowest BCUT2D eigenvalue weighted by Crippen LogP contribution is -2.46. The highest BCUT2D eigenvalue weighted by molar-refractivity contribution is 5.89. The zero-order valence-corrected chi connectivity index (χ0v) is 12.1. The van der Waals surface area contributed by atoms with E-state index in [1.165, 1.54) is 0 Å². The first-order chi connectivity index (χ1) is 8.82. The van der Waals surface area contributed by atoms with Gasteiger partial charge >= 0.3 is 5.97 Å². The molecular weight excluding hydrogens is 248 g/mol. The normalized spacial score (nSPS) is 12.6. The van der Waals surface area contributed by atoms with Crippen LogP contribution in [0.1, 0.15) is 47.0 Å². The largest absolute Gasteiger partial charge is 0.481 e. The van der Waals surface area contributed by atoms with Gasteiger partial charge in [-0.15, -0.1) is 0 Å². The Hall–Kier alpha value is -1.59. The van der Waals surface area contributed by atoms with Crippen LogP contribution in [0.25, 0.3) is 0 Å². The summed E-state index contributed by atoms with van der Waals surface area (Å²) in [6.45, 7) is 7.34. The molecule has 110 valence electrons. The number of aliphatic carboxylic acids is 1. The first kappa shape index (κ1) is 17.4. The van der Waals surface area contributed by atoms with Crippen LogP contribution in [-0.2, 0) is 14.4 Å². The maximum Gasteiger partial charge on any atom is 0.310 e. The van der Waals surface area contributed by atoms with E-state index in [4.69, 9.17) is 0 Å². The van der Waals surface area contributed by atoms with Gasteiger partial charge in [0.1, 0.15) is 6.04 Å². The number of carbonyl (C=O) groups is 3. The second kappa shape index (κ2) is 7.76. The lowest BCUT2D eigenvalue weighted by molar-refractivity contribution is -0.152. The highest BCUT2D eigenvalue weighted by Gasteiger charge is 2.37. The van der Waals surface area contributed by atoms with Crippen molar-refractivity contribution in [1.82, 2.24) is 10.6 Å². The molecule has 0 aliphatic heterocycles. The molecule has 0 spiro atoms. The first-order valence-corrected chi connectivity index (χ1v) is 6.63. The van der Waals surface area contributed by atoms with E-state index in [2.05, 4.69) is 10.6 Å². The van der Waals surface area contributed by atoms with Crippen LogP contribution in [0.15, 0.2) is 0 Å². The predicted molar refractivity (Wildman–Crippen MR) is 71.6 cm³/mol. The molecule has 0 saturated heterocycles. The number of carboxylic acids is 1. The van der Waals surface area contributed by atoms with Gasteiger partial charge in [0.25, 0.3) is 0 Å². The molecule has 0 bridgehead atoms. The monoisotopic (exact) mass is 272 g/mol. The fraction of sp³-hybridized carbons (Fsp3) is 0.769. The molecule has 0 radical (unpaired) electrons. The molecule has 2 amide bonds. The van der Waals surface area contributed by atoms with Crippen LogP contribution in [0.2, 0.25) is 0 Å². The summed E-state index contributed by atoms with van der Waals surface area (Å²) in [5, 5.41) is 14.4. The van der Waals surface area contributed by atoms with Crippen molar-refractivity contribution in [2.24, 2.45) is 5.41 Å². The van der Waals surface area contributed by atoms with E-state index in [-0.39, 0.29) is 12.3 Å². The molecule has 0 aromatic carbocycles. The Kier molecular flexibility index (Phi) is 7.11. The minimum absolute atomic E-state index is 0.112. The molecule has 0 aliphatic rings. The molecule has 0 rings (SSSR count). The fourth-order valence-corrected chi connectivity index (χ4v) is 1.87. The summed E-state index contributed by atoms with van der Waals surface area (Å²) in [7, 11) is 0. The summed E-state index contributed by atoms with van der Waals surface area (Å²) in [6.07, 6.45) is 0.642. The maximum atomic E-state index is 11.8. The minimum Gasteiger partial charge on any atom is -0.481 e. The third-order valence-electron chi connectivity index (χ3n) is 3.43. The van der Waals surface area contributed by atoms with E-state index >= 15 is 0 Å². The Bertz CT molecular complexity index is 338. The Morgan fingerprint density at radius 3 is 2.05 bits per heavy atom. The topological polar surface area (TPSA) is 95.5 Å². The third-order valence-corrected chi connectivity index (χ3v) is 3.43. The zero-order valence-electron chi connectivity index (χ0n) is 12.1. The number of hydrogen-bond acceptors (Lipinski definition) is 3. The third kappa shape index (κ3) is 4.89. The Morgan fingerprint density at radius 2 is 1.68 bits per heavy atom. The molecule has 0 aromatic heterocycles. The first-order valence-electron chi connectivity index (χ1n) is 6.63. The van der Waals surface area contributed by atoms with Gasteiger partial charge in [0.05, 0.1) is 5.41 Å². The molecule has 0 fully saturated rings. The number of likely N-dealkylation sites (N-methyl/N-ethyl adjacent to an activating group) is 1. The van der Waals surface area contributed by atoms with Gasteiger partial charge in [-0.05, 0) is 26.7 Å². The summed E-state index contributed by atoms with van der Waals surface area (Å²) in [5.41, 5.74) is -1.05. The summed E-state index contributed by atoms with van der Waals surface area (Å²) in [5.74, 6) is -1.66. The average Bonchev–Trinajstić information content (AvgIpc) is 2.35. The number of carbonyl (C=O) groups excluding carboxylic acids is 2. The van der Waals surface area contributed by atoms with E-state index in [1.54, 1.807) is 27.7 Å². The standard InChI is InChI=1S/C13H24N2O4/c1-5-13(6-2,12(18)19)8-10(16)15-9(4)11(17)14-7-3/h9H,5-8H2,1-4H3,(H,14,17)(H,15,16)(H,18,19). The molecule has 3 N–H and O–H groups in total. The van der Waals surface area contributed by atoms with Crippen LogP contribution >= 0.6 is 0 Å². The van der Waals surface area contributed by atoms with Gasteiger partial charge in [0.2, 0.25) is 11.8 Å². The molecule has 1 unspecified atom stereocenters. The van der Waals surface area contributed by atoms with E-state index in [1.807, 2.05) is 0 Å². The second-order valence-electron chi connectivity index (χ2n) is 4.65. The van der Waals surface area contributed by atoms with Crippen LogP contribution in [0.5, 0.6) is 0 Å². The lowest BCUT2D eigenvalue weighted by atomic mass is 9.79. The summed E-state index contributed by atoms with van der Waals surface area (Å²) in [4.78, 5) is 34.6. The molecule has 6 nitrogen and oxygen atoms in total. The molecule has 0 saturated carbocycles. The van der Waals surface area contributed by atoms with E-state index in [0.717, 1.165) is 0 Å². The van der Waals surface area contributed by atoms with Gasteiger partial charge in [0.15, 0.2) is 0 Å². The van der Waals surface area contributed by atoms with Crippen molar-refractivity contribution in [2.45, 2.75) is 53.0 Å². The Balaban J connectivity index is 4.59. The molecule has 0 aromatic rings. The fourth-order valence-electron chi connectivity index (χ4n) is 1.87. The summed E-state index contributed by atoms with van der Waals surface area (Å²) < 4.78 is 0. The molecule has 0 aliphatic carbocycles. The highest BCUT2D eigenvalue weighted by atomic mass is 16.4. The molecule has 1 atom stereocenters. The van der Waals surface area contributed by atoms with Gasteiger partial charge in [-0.1, -0.05) is 13.8 Å². The van der Waals surface area contributed by atoms with E-state index in [0.29, 0.717) is 19.4 Å². The van der Waals surface area contributed by atoms with Crippen molar-refractivity contribution in [3.63, 3.8) is 0 Å². The van der Waals surface area contributed by atoms with Gasteiger partial charge in [-0.25, -0.2) is 0 Å². The number of rotatable bonds is 8. The molecule has 0 heterocycles. The van der Waals surface area contributed by atoms with Crippen molar-refractivity contribution < 1.29 is 19.5 Å². The van der Waals surface area contributed by atoms with Crippen molar-refractivity contribution >= 4 is 17.8 Å². The van der Waals surface area contributed by atoms with Crippen LogP contribution in [0, 0.1) is 5.41 Å². The predicted octanol–water partition coefficient (Wildman–Crippen LogP) is 0.908. The molecule has 6 heteroatoms. The van der Waals surface area contributed by atoms with Crippen LogP contribution in [-0.4, -0.2) is 35.5 Å². The van der Waals surface area contributed by atoms with Crippen LogP contribution < -0.4 is 10.6 Å². The maximum absolute atomic E-state index is 11.8. The Labute approximate surface area is 113 Å². The number of hydrogen-bond donors (Lipinski definition) is 3. The number of nitrogens with one attached hydrogen (secondary N) is 2. The van der Waals surface area contributed by atoms with Crippen molar-refractivity contribution in [3.05, 3.63) is 0 Å². The SMILES string of the molecule is CCNC(=O)C(C)NC(=O)CC(CC)(CC)C(=O)O. The number of amides is 2. The van der Waals surface area contributed by atoms with E-state index in [9.17, 15) is 19.5 Å². The zero-order chi connectivity index (χ0) is 15.1. The van der Waals surface area contributed by atoms with Gasteiger partial charge in [-0.3, -0.25) is 14.4 Å². The quantitative estimate of drug-likeness (QED) is 0.612. The van der Waals surface area contributed by atoms with Crippen LogP contribution in [0.4, 0.5) is 0 Å². The van der Waals surface area contributed by atoms with Crippen LogP contribution in [0.3, 0.4) is 0 Å². The minimum atomic E-state index is -1.05. The lowest BCUT2D eigenvalue weighted by Gasteiger charge is -2.26. The summed E-state index contributed by atoms with van der Waals surface area (Å²) >= 11 is 0. The second-order valence-corrected chi connectivity index (χ2v) is 4.65. The van der Waals surface area contributed by atoms with E-state index < -0.39 is 23.3 Å². The smallest absolute Gasteiger partial charge is 0.310 e. The van der Waals surface area contributed by atoms with Crippen molar-refractivity contribution in [1.29, 1.82) is 0 Å². The summed E-state index contributed by atoms with van der Waals surface area (Å²) in [6, 6.07) is -0.660. The molecular formula is C13H24N2O4.